The lowest BCUT2D eigenvalue weighted by Gasteiger charge is -2.21. The topological polar surface area (TPSA) is 101 Å². The molecule has 0 fully saturated rings. The Balaban J connectivity index is 2.56. The summed E-state index contributed by atoms with van der Waals surface area (Å²) in [6.45, 7) is 7.11. The molecule has 2 unspecified atom stereocenters. The molecule has 0 saturated heterocycles. The van der Waals surface area contributed by atoms with Crippen molar-refractivity contribution in [3.63, 3.8) is 0 Å². The molecule has 7 nitrogen and oxygen atoms in total. The first-order valence-corrected chi connectivity index (χ1v) is 7.38. The number of hydrogen-bond acceptors (Lipinski definition) is 6. The molecule has 1 aromatic rings. The number of nitrogens with zero attached hydrogens (tertiary/aromatic N) is 2. The van der Waals surface area contributed by atoms with E-state index in [1.807, 2.05) is 13.8 Å². The highest BCUT2D eigenvalue weighted by molar-refractivity contribution is 6.17. The van der Waals surface area contributed by atoms with Crippen molar-refractivity contribution >= 4 is 17.7 Å². The van der Waals surface area contributed by atoms with Crippen LogP contribution in [0.1, 0.15) is 55.4 Å². The van der Waals surface area contributed by atoms with E-state index in [0.717, 1.165) is 0 Å². The van der Waals surface area contributed by atoms with Gasteiger partial charge in [-0.05, 0) is 31.4 Å². The van der Waals surface area contributed by atoms with E-state index in [0.29, 0.717) is 5.56 Å². The fraction of sp³-hybridized carbons (Fsp3) is 0.500. The van der Waals surface area contributed by atoms with Gasteiger partial charge in [-0.2, -0.15) is 0 Å². The van der Waals surface area contributed by atoms with Crippen molar-refractivity contribution in [3.05, 3.63) is 29.1 Å². The summed E-state index contributed by atoms with van der Waals surface area (Å²) < 4.78 is 4.77. The normalized spacial score (nSPS) is 21.9. The highest BCUT2D eigenvalue weighted by Crippen LogP contribution is 2.27. The molecule has 2 heterocycles. The van der Waals surface area contributed by atoms with Crippen LogP contribution in [0.4, 0.5) is 0 Å². The van der Waals surface area contributed by atoms with Gasteiger partial charge in [0, 0.05) is 6.20 Å². The number of aromatic nitrogens is 1. The monoisotopic (exact) mass is 319 g/mol. The van der Waals surface area contributed by atoms with Gasteiger partial charge in [-0.15, -0.1) is 0 Å². The molecule has 7 heteroatoms. The third-order valence-electron chi connectivity index (χ3n) is 4.18. The second-order valence-electron chi connectivity index (χ2n) is 6.05. The van der Waals surface area contributed by atoms with Crippen LogP contribution in [-0.4, -0.2) is 40.5 Å². The highest BCUT2D eigenvalue weighted by atomic mass is 16.5. The number of carbonyl (C=O) groups is 2. The van der Waals surface area contributed by atoms with E-state index in [-0.39, 0.29) is 28.9 Å². The molecule has 1 aliphatic heterocycles. The number of esters is 1. The summed E-state index contributed by atoms with van der Waals surface area (Å²) in [4.78, 5) is 32.9. The first-order valence-electron chi connectivity index (χ1n) is 7.38. The number of aliphatic hydroxyl groups is 1. The van der Waals surface area contributed by atoms with Gasteiger partial charge < -0.3 is 15.2 Å². The molecule has 1 aromatic heterocycles. The molecule has 0 bridgehead atoms. The zero-order valence-electron chi connectivity index (χ0n) is 13.9. The standard InChI is InChI=1S/C16H21N3O4/c1-8(2)16(4)15(22)18-13(19-16)12-11(14(21)23-5)6-10(7-17-12)9(3)20/h6-9,20H,1-5H3,(H,18,19,22). The molecule has 1 amide bonds. The largest absolute Gasteiger partial charge is 0.465 e. The van der Waals surface area contributed by atoms with Crippen LogP contribution >= 0.6 is 0 Å². The number of carbonyl (C=O) groups excluding carboxylic acids is 2. The summed E-state index contributed by atoms with van der Waals surface area (Å²) in [7, 11) is 1.26. The number of nitrogens with one attached hydrogen (secondary N) is 1. The minimum atomic E-state index is -0.909. The average molecular weight is 319 g/mol. The Hall–Kier alpha value is -2.28. The summed E-state index contributed by atoms with van der Waals surface area (Å²) >= 11 is 0. The van der Waals surface area contributed by atoms with Gasteiger partial charge in [0.2, 0.25) is 0 Å². The molecule has 0 saturated carbocycles. The number of methoxy groups -OCH3 is 1. The third-order valence-corrected chi connectivity index (χ3v) is 4.18. The molecule has 1 aliphatic rings. The molecule has 0 aliphatic carbocycles. The van der Waals surface area contributed by atoms with E-state index in [1.165, 1.54) is 19.4 Å². The molecular weight excluding hydrogens is 298 g/mol. The number of aliphatic hydroxyl groups excluding tert-OH is 1. The van der Waals surface area contributed by atoms with Gasteiger partial charge in [-0.1, -0.05) is 13.8 Å². The Labute approximate surface area is 134 Å². The molecule has 2 N–H and O–H groups in total. The molecule has 0 aromatic carbocycles. The summed E-state index contributed by atoms with van der Waals surface area (Å²) in [5, 5.41) is 12.4. The molecule has 0 radical (unpaired) electrons. The molecule has 0 spiro atoms. The van der Waals surface area contributed by atoms with Crippen molar-refractivity contribution in [1.82, 2.24) is 10.3 Å². The van der Waals surface area contributed by atoms with Gasteiger partial charge in [0.15, 0.2) is 5.84 Å². The van der Waals surface area contributed by atoms with Crippen LogP contribution in [0.3, 0.4) is 0 Å². The maximum absolute atomic E-state index is 12.2. The Morgan fingerprint density at radius 3 is 2.52 bits per heavy atom. The number of pyridine rings is 1. The van der Waals surface area contributed by atoms with Crippen LogP contribution in [-0.2, 0) is 9.53 Å². The smallest absolute Gasteiger partial charge is 0.340 e. The maximum Gasteiger partial charge on any atom is 0.340 e. The van der Waals surface area contributed by atoms with Crippen LogP contribution in [0.5, 0.6) is 0 Å². The first-order chi connectivity index (χ1) is 10.7. The maximum atomic E-state index is 12.2. The minimum absolute atomic E-state index is 0.0155. The molecule has 2 atom stereocenters. The summed E-state index contributed by atoms with van der Waals surface area (Å²) in [6.07, 6.45) is 0.674. The zero-order valence-corrected chi connectivity index (χ0v) is 13.9. The van der Waals surface area contributed by atoms with Crippen LogP contribution < -0.4 is 5.32 Å². The van der Waals surface area contributed by atoms with Crippen LogP contribution in [0.15, 0.2) is 17.3 Å². The molecule has 23 heavy (non-hydrogen) atoms. The second-order valence-corrected chi connectivity index (χ2v) is 6.05. The van der Waals surface area contributed by atoms with Crippen LogP contribution in [0.2, 0.25) is 0 Å². The van der Waals surface area contributed by atoms with Crippen molar-refractivity contribution in [2.45, 2.75) is 39.3 Å². The third kappa shape index (κ3) is 2.96. The number of rotatable bonds is 4. The summed E-state index contributed by atoms with van der Waals surface area (Å²) in [6, 6.07) is 1.50. The van der Waals surface area contributed by atoms with Gasteiger partial charge in [0.25, 0.3) is 5.91 Å². The van der Waals surface area contributed by atoms with E-state index in [9.17, 15) is 14.7 Å². The van der Waals surface area contributed by atoms with Crippen molar-refractivity contribution < 1.29 is 19.4 Å². The van der Waals surface area contributed by atoms with E-state index >= 15 is 0 Å². The van der Waals surface area contributed by atoms with Gasteiger partial charge in [0.1, 0.15) is 11.2 Å². The highest BCUT2D eigenvalue weighted by Gasteiger charge is 2.43. The Bertz CT molecular complexity index is 682. The van der Waals surface area contributed by atoms with Crippen molar-refractivity contribution in [3.8, 4) is 0 Å². The van der Waals surface area contributed by atoms with Crippen molar-refractivity contribution in [1.29, 1.82) is 0 Å². The second kappa shape index (κ2) is 6.08. The number of amides is 1. The van der Waals surface area contributed by atoms with E-state index in [2.05, 4.69) is 15.3 Å². The Morgan fingerprint density at radius 2 is 2.04 bits per heavy atom. The molecule has 124 valence electrons. The minimum Gasteiger partial charge on any atom is -0.465 e. The average Bonchev–Trinajstić information content (AvgIpc) is 2.82. The van der Waals surface area contributed by atoms with E-state index in [1.54, 1.807) is 13.8 Å². The SMILES string of the molecule is COC(=O)c1cc(C(C)O)cnc1C1=NC(C)(C(C)C)C(=O)N1. The molecular formula is C16H21N3O4. The van der Waals surface area contributed by atoms with Gasteiger partial charge in [0.05, 0.1) is 18.8 Å². The lowest BCUT2D eigenvalue weighted by Crippen LogP contribution is -2.41. The predicted molar refractivity (Wildman–Crippen MR) is 84.1 cm³/mol. The Morgan fingerprint density at radius 1 is 1.39 bits per heavy atom. The first kappa shape index (κ1) is 17.1. The van der Waals surface area contributed by atoms with Crippen molar-refractivity contribution in [2.75, 3.05) is 7.11 Å². The number of amidine groups is 1. The number of hydrogen-bond donors (Lipinski definition) is 2. The molecule has 2 rings (SSSR count). The fourth-order valence-electron chi connectivity index (χ4n) is 2.21. The van der Waals surface area contributed by atoms with Crippen LogP contribution in [0.25, 0.3) is 0 Å². The predicted octanol–water partition coefficient (Wildman–Crippen LogP) is 1.21. The summed E-state index contributed by atoms with van der Waals surface area (Å²) in [5.41, 5.74) is -0.0458. The van der Waals surface area contributed by atoms with Gasteiger partial charge in [-0.25, -0.2) is 9.79 Å². The summed E-state index contributed by atoms with van der Waals surface area (Å²) in [5.74, 6) is -0.619. The lowest BCUT2D eigenvalue weighted by atomic mass is 9.89. The fourth-order valence-corrected chi connectivity index (χ4v) is 2.21. The zero-order chi connectivity index (χ0) is 17.4. The number of ether oxygens (including phenoxy) is 1. The quantitative estimate of drug-likeness (QED) is 0.812. The van der Waals surface area contributed by atoms with Gasteiger partial charge in [-0.3, -0.25) is 9.78 Å². The van der Waals surface area contributed by atoms with E-state index < -0.39 is 17.6 Å². The van der Waals surface area contributed by atoms with Gasteiger partial charge >= 0.3 is 5.97 Å². The van der Waals surface area contributed by atoms with Crippen molar-refractivity contribution in [2.24, 2.45) is 10.9 Å². The number of aliphatic imine (C=N–C) groups is 1. The van der Waals surface area contributed by atoms with Crippen LogP contribution in [0, 0.1) is 5.92 Å². The lowest BCUT2D eigenvalue weighted by molar-refractivity contribution is -0.124. The Kier molecular flexibility index (Phi) is 4.51. The van der Waals surface area contributed by atoms with E-state index in [4.69, 9.17) is 4.74 Å².